The van der Waals surface area contributed by atoms with E-state index >= 15 is 0 Å². The maximum Gasteiger partial charge on any atom is 0.159 e. The van der Waals surface area contributed by atoms with Crippen LogP contribution in [0.1, 0.15) is 0 Å². The Morgan fingerprint density at radius 2 is 0.778 bits per heavy atom. The molecule has 81 heavy (non-hydrogen) atoms. The van der Waals surface area contributed by atoms with Gasteiger partial charge in [-0.25, -0.2) is 0 Å². The van der Waals surface area contributed by atoms with E-state index in [1.54, 1.807) is 0 Å². The Hall–Kier alpha value is -9.50. The van der Waals surface area contributed by atoms with Crippen LogP contribution in [0.25, 0.3) is 121 Å². The Bertz CT molecular complexity index is 4910. The van der Waals surface area contributed by atoms with Gasteiger partial charge < -0.3 is 29.3 Å². The minimum atomic E-state index is 0.603. The van der Waals surface area contributed by atoms with Gasteiger partial charge in [-0.1, -0.05) is 217 Å². The van der Waals surface area contributed by atoms with Gasteiger partial charge in [0.1, 0.15) is 22.3 Å². The second kappa shape index (κ2) is 22.3. The summed E-state index contributed by atoms with van der Waals surface area (Å²) in [5.41, 5.74) is 22.6. The first kappa shape index (κ1) is 51.0. The van der Waals surface area contributed by atoms with Gasteiger partial charge in [0.15, 0.2) is 11.2 Å². The normalized spacial score (nSPS) is 11.2. The summed E-state index contributed by atoms with van der Waals surface area (Å²) in [5.74, 6) is 0. The average molecular weight is 1150 g/mol. The van der Waals surface area contributed by atoms with Crippen LogP contribution < -0.4 is 11.1 Å². The standard InChI is InChI=1S/C24H16ClNO.C24H15NO.C12H7BrO.C12H10ClN/c25-20-15-17(16-7-2-1-3-8-16)13-14-21(20)26-22-11-6-10-19-18-9-4-5-12-23(18)27-24(19)22;1-2-6-15(7-3-1)16-10-13-21-20(14-16)18-11-12-19-17-8-4-5-9-22(17)26-24(19)23(18)25-21;13-10-6-3-5-9-8-4-1-2-7-11(8)14-12(9)10;13-11-8-10(6-7-12(11)14)9-4-2-1-3-5-9/h1-15,26H;1-14,25H;1-7H;1-8H,14H2. The second-order valence-corrected chi connectivity index (χ2v) is 21.2. The zero-order valence-corrected chi connectivity index (χ0v) is 46.4. The predicted octanol–water partition coefficient (Wildman–Crippen LogP) is 22.5. The van der Waals surface area contributed by atoms with E-state index in [4.69, 9.17) is 42.2 Å². The lowest BCUT2D eigenvalue weighted by Crippen LogP contribution is -1.92. The number of nitrogens with one attached hydrogen (secondary N) is 2. The average Bonchev–Trinajstić information content (AvgIpc) is 4.43. The van der Waals surface area contributed by atoms with Crippen molar-refractivity contribution in [1.29, 1.82) is 0 Å². The molecule has 0 bridgehead atoms. The summed E-state index contributed by atoms with van der Waals surface area (Å²) in [6, 6.07) is 90.0. The molecular weight excluding hydrogens is 1110 g/mol. The maximum atomic E-state index is 6.57. The highest BCUT2D eigenvalue weighted by atomic mass is 79.9. The van der Waals surface area contributed by atoms with E-state index in [0.29, 0.717) is 15.7 Å². The molecule has 0 saturated heterocycles. The molecule has 0 atom stereocenters. The third-order valence-corrected chi connectivity index (χ3v) is 15.7. The smallest absolute Gasteiger partial charge is 0.159 e. The molecule has 0 radical (unpaired) electrons. The number of aromatic amines is 1. The van der Waals surface area contributed by atoms with Crippen molar-refractivity contribution in [2.45, 2.75) is 0 Å². The summed E-state index contributed by atoms with van der Waals surface area (Å²) < 4.78 is 19.0. The third kappa shape index (κ3) is 10.3. The van der Waals surface area contributed by atoms with Gasteiger partial charge in [0.2, 0.25) is 0 Å². The van der Waals surface area contributed by atoms with Crippen molar-refractivity contribution in [2.24, 2.45) is 0 Å². The zero-order valence-electron chi connectivity index (χ0n) is 43.3. The number of halogens is 3. The first-order chi connectivity index (χ1) is 39.8. The number of rotatable bonds is 5. The summed E-state index contributed by atoms with van der Waals surface area (Å²) >= 11 is 16.0. The van der Waals surface area contributed by atoms with Crippen LogP contribution in [-0.2, 0) is 0 Å². The van der Waals surface area contributed by atoms with Crippen LogP contribution in [0.3, 0.4) is 0 Å². The summed E-state index contributed by atoms with van der Waals surface area (Å²) in [7, 11) is 0. The lowest BCUT2D eigenvalue weighted by molar-refractivity contribution is 0.667. The Balaban J connectivity index is 0.000000106. The summed E-state index contributed by atoms with van der Waals surface area (Å²) in [6.45, 7) is 0. The number of aromatic nitrogens is 1. The summed E-state index contributed by atoms with van der Waals surface area (Å²) in [5, 5.41) is 14.0. The van der Waals surface area contributed by atoms with Crippen molar-refractivity contribution in [2.75, 3.05) is 11.1 Å². The van der Waals surface area contributed by atoms with Gasteiger partial charge in [-0.15, -0.1) is 0 Å². The van der Waals surface area contributed by atoms with Gasteiger partial charge in [0.25, 0.3) is 0 Å². The highest BCUT2D eigenvalue weighted by Gasteiger charge is 2.16. The van der Waals surface area contributed by atoms with E-state index < -0.39 is 0 Å². The van der Waals surface area contributed by atoms with Crippen molar-refractivity contribution >= 4 is 144 Å². The van der Waals surface area contributed by atoms with Gasteiger partial charge in [0.05, 0.1) is 37.1 Å². The molecule has 9 heteroatoms. The van der Waals surface area contributed by atoms with Crippen molar-refractivity contribution in [3.63, 3.8) is 0 Å². The SMILES string of the molecule is Brc1cccc2c1oc1ccccc12.Clc1cc(-c2ccccc2)ccc1Nc1cccc2c1oc1ccccc12.Nc1ccc(-c2ccccc2)cc1Cl.c1ccc(-c2ccc3[nH]c4c(ccc5c6ccccc6oc54)c3c2)cc1. The number of fused-ring (bicyclic) bond motifs is 13. The highest BCUT2D eigenvalue weighted by Crippen LogP contribution is 2.40. The van der Waals surface area contributed by atoms with Gasteiger partial charge >= 0.3 is 0 Å². The molecule has 0 unspecified atom stereocenters. The van der Waals surface area contributed by atoms with Crippen LogP contribution in [0.15, 0.2) is 285 Å². The zero-order chi connectivity index (χ0) is 54.8. The summed E-state index contributed by atoms with van der Waals surface area (Å²) in [6.07, 6.45) is 0. The van der Waals surface area contributed by atoms with E-state index in [1.165, 1.54) is 27.3 Å². The first-order valence-corrected chi connectivity index (χ1v) is 28.0. The fourth-order valence-electron chi connectivity index (χ4n) is 10.4. The monoisotopic (exact) mass is 1150 g/mol. The molecule has 0 fully saturated rings. The quantitative estimate of drug-likeness (QED) is 0.149. The Morgan fingerprint density at radius 3 is 1.36 bits per heavy atom. The number of H-pyrrole nitrogens is 1. The molecule has 0 aliphatic heterocycles. The summed E-state index contributed by atoms with van der Waals surface area (Å²) in [4.78, 5) is 3.57. The first-order valence-electron chi connectivity index (χ1n) is 26.4. The molecule has 6 nitrogen and oxygen atoms in total. The number of hydrogen-bond acceptors (Lipinski definition) is 5. The van der Waals surface area contributed by atoms with Crippen LogP contribution in [0.4, 0.5) is 17.1 Å². The van der Waals surface area contributed by atoms with Crippen molar-refractivity contribution in [3.05, 3.63) is 281 Å². The minimum absolute atomic E-state index is 0.603. The van der Waals surface area contributed by atoms with Crippen LogP contribution in [0, 0.1) is 0 Å². The van der Waals surface area contributed by atoms with Gasteiger partial charge in [-0.05, 0) is 122 Å². The molecule has 0 aliphatic rings. The molecule has 16 aromatic rings. The molecule has 4 heterocycles. The molecule has 0 spiro atoms. The lowest BCUT2D eigenvalue weighted by atomic mass is 10.0. The van der Waals surface area contributed by atoms with E-state index in [-0.39, 0.29) is 0 Å². The molecule has 0 amide bonds. The Morgan fingerprint density at radius 1 is 0.333 bits per heavy atom. The van der Waals surface area contributed by atoms with Crippen molar-refractivity contribution in [3.8, 4) is 33.4 Å². The number of hydrogen-bond donors (Lipinski definition) is 3. The van der Waals surface area contributed by atoms with Crippen LogP contribution in [0.5, 0.6) is 0 Å². The van der Waals surface area contributed by atoms with E-state index in [1.807, 2.05) is 158 Å². The van der Waals surface area contributed by atoms with Crippen LogP contribution >= 0.6 is 39.1 Å². The molecule has 4 aromatic heterocycles. The minimum Gasteiger partial charge on any atom is -0.455 e. The number of nitrogen functional groups attached to an aromatic ring is 1. The largest absolute Gasteiger partial charge is 0.455 e. The lowest BCUT2D eigenvalue weighted by Gasteiger charge is -2.11. The van der Waals surface area contributed by atoms with Gasteiger partial charge in [0, 0.05) is 48.6 Å². The molecule has 4 N–H and O–H groups in total. The van der Waals surface area contributed by atoms with E-state index in [0.717, 1.165) is 110 Å². The molecule has 12 aromatic carbocycles. The fourth-order valence-corrected chi connectivity index (χ4v) is 11.3. The molecule has 390 valence electrons. The molecular formula is C72H48BrCl2N3O3. The van der Waals surface area contributed by atoms with Crippen LogP contribution in [0.2, 0.25) is 10.0 Å². The number of para-hydroxylation sites is 5. The Kier molecular flexibility index (Phi) is 14.0. The molecule has 16 rings (SSSR count). The second-order valence-electron chi connectivity index (χ2n) is 19.5. The topological polar surface area (TPSA) is 93.3 Å². The molecule has 0 saturated carbocycles. The number of benzene rings is 12. The maximum absolute atomic E-state index is 6.57. The predicted molar refractivity (Wildman–Crippen MR) is 345 cm³/mol. The number of furan rings is 3. The number of anilines is 3. The Labute approximate surface area is 484 Å². The van der Waals surface area contributed by atoms with E-state index in [2.05, 4.69) is 135 Å². The van der Waals surface area contributed by atoms with Crippen molar-refractivity contribution in [1.82, 2.24) is 4.98 Å². The third-order valence-electron chi connectivity index (χ3n) is 14.4. The number of nitrogens with two attached hydrogens (primary N) is 1. The van der Waals surface area contributed by atoms with Crippen molar-refractivity contribution < 1.29 is 13.3 Å². The highest BCUT2D eigenvalue weighted by molar-refractivity contribution is 9.10. The molecule has 0 aliphatic carbocycles. The fraction of sp³-hybridized carbons (Fsp3) is 0. The van der Waals surface area contributed by atoms with Gasteiger partial charge in [-0.2, -0.15) is 0 Å². The van der Waals surface area contributed by atoms with Crippen LogP contribution in [-0.4, -0.2) is 4.98 Å². The van der Waals surface area contributed by atoms with E-state index in [9.17, 15) is 0 Å². The van der Waals surface area contributed by atoms with Gasteiger partial charge in [-0.3, -0.25) is 0 Å².